The molecule has 1 aromatic rings. The van der Waals surface area contributed by atoms with Gasteiger partial charge in [-0.1, -0.05) is 6.92 Å². The van der Waals surface area contributed by atoms with E-state index in [2.05, 4.69) is 20.7 Å². The number of hydrogen-bond donors (Lipinski definition) is 2. The van der Waals surface area contributed by atoms with Crippen molar-refractivity contribution >= 4 is 37.6 Å². The summed E-state index contributed by atoms with van der Waals surface area (Å²) in [5.41, 5.74) is 0.265. The highest BCUT2D eigenvalue weighted by atomic mass is 79.9. The van der Waals surface area contributed by atoms with Gasteiger partial charge in [0, 0.05) is 10.2 Å². The molecule has 5 nitrogen and oxygen atoms in total. The van der Waals surface area contributed by atoms with Crippen molar-refractivity contribution in [1.29, 1.82) is 0 Å². The van der Waals surface area contributed by atoms with Crippen LogP contribution in [0.2, 0.25) is 0 Å². The molecule has 17 heavy (non-hydrogen) atoms. The number of halogens is 1. The Morgan fingerprint density at radius 3 is 2.65 bits per heavy atom. The van der Waals surface area contributed by atoms with Crippen molar-refractivity contribution in [1.82, 2.24) is 0 Å². The summed E-state index contributed by atoms with van der Waals surface area (Å²) in [6, 6.07) is 4.27. The Hall–Kier alpha value is -1.08. The van der Waals surface area contributed by atoms with Crippen LogP contribution in [0.15, 0.2) is 22.7 Å². The molecular formula is C10H12BrNO4S. The Morgan fingerprint density at radius 1 is 1.47 bits per heavy atom. The first kappa shape index (κ1) is 14.0. The van der Waals surface area contributed by atoms with E-state index in [0.29, 0.717) is 10.9 Å². The lowest BCUT2D eigenvalue weighted by Crippen LogP contribution is -2.16. The second-order valence-electron chi connectivity index (χ2n) is 3.42. The number of carboxylic acids is 1. The first-order valence-electron chi connectivity index (χ1n) is 4.89. The van der Waals surface area contributed by atoms with Crippen LogP contribution in [-0.2, 0) is 10.0 Å². The fraction of sp³-hybridized carbons (Fsp3) is 0.300. The van der Waals surface area contributed by atoms with E-state index in [-0.39, 0.29) is 17.0 Å². The Labute approximate surface area is 108 Å². The number of sulfonamides is 1. The molecule has 94 valence electrons. The summed E-state index contributed by atoms with van der Waals surface area (Å²) in [7, 11) is -3.40. The van der Waals surface area contributed by atoms with Crippen LogP contribution in [-0.4, -0.2) is 25.2 Å². The quantitative estimate of drug-likeness (QED) is 0.871. The number of carbonyl (C=O) groups is 1. The molecule has 0 aromatic heterocycles. The van der Waals surface area contributed by atoms with Gasteiger partial charge in [0.1, 0.15) is 0 Å². The minimum Gasteiger partial charge on any atom is -0.478 e. The Kier molecular flexibility index (Phi) is 4.53. The number of carboxylic acid groups (broad SMARTS) is 1. The van der Waals surface area contributed by atoms with Gasteiger partial charge in [-0.25, -0.2) is 13.2 Å². The van der Waals surface area contributed by atoms with Crippen molar-refractivity contribution in [3.63, 3.8) is 0 Å². The van der Waals surface area contributed by atoms with E-state index in [1.54, 1.807) is 6.92 Å². The minimum absolute atomic E-state index is 0.00543. The summed E-state index contributed by atoms with van der Waals surface area (Å²) in [6.07, 6.45) is 0.498. The lowest BCUT2D eigenvalue weighted by molar-refractivity contribution is 0.0696. The first-order chi connectivity index (χ1) is 7.85. The molecule has 1 aromatic carbocycles. The lowest BCUT2D eigenvalue weighted by Gasteiger charge is -2.08. The van der Waals surface area contributed by atoms with Gasteiger partial charge in [0.05, 0.1) is 11.3 Å². The maximum Gasteiger partial charge on any atom is 0.336 e. The highest BCUT2D eigenvalue weighted by Crippen LogP contribution is 2.21. The standard InChI is InChI=1S/C10H12BrNO4S/c1-2-5-17(15,16)12-7-3-4-9(11)8(6-7)10(13)14/h3-4,6,12H,2,5H2,1H3,(H,13,14). The number of benzene rings is 1. The zero-order valence-corrected chi connectivity index (χ0v) is 11.5. The first-order valence-corrected chi connectivity index (χ1v) is 7.33. The average Bonchev–Trinajstić information content (AvgIpc) is 2.20. The number of anilines is 1. The van der Waals surface area contributed by atoms with Crippen LogP contribution in [0, 0.1) is 0 Å². The molecular weight excluding hydrogens is 310 g/mol. The van der Waals surface area contributed by atoms with Gasteiger partial charge in [0.25, 0.3) is 0 Å². The zero-order chi connectivity index (χ0) is 13.1. The van der Waals surface area contributed by atoms with Crippen LogP contribution in [0.4, 0.5) is 5.69 Å². The summed E-state index contributed by atoms with van der Waals surface area (Å²) in [6.45, 7) is 1.75. The number of rotatable bonds is 5. The molecule has 0 saturated carbocycles. The Bertz CT molecular complexity index is 527. The fourth-order valence-electron chi connectivity index (χ4n) is 1.25. The largest absolute Gasteiger partial charge is 0.478 e. The van der Waals surface area contributed by atoms with Crippen LogP contribution in [0.1, 0.15) is 23.7 Å². The maximum absolute atomic E-state index is 11.5. The van der Waals surface area contributed by atoms with Gasteiger partial charge in [0.2, 0.25) is 10.0 Å². The van der Waals surface area contributed by atoms with Gasteiger partial charge in [-0.05, 0) is 40.5 Å². The second-order valence-corrected chi connectivity index (χ2v) is 6.12. The van der Waals surface area contributed by atoms with E-state index in [4.69, 9.17) is 5.11 Å². The van der Waals surface area contributed by atoms with Crippen molar-refractivity contribution in [2.24, 2.45) is 0 Å². The van der Waals surface area contributed by atoms with E-state index >= 15 is 0 Å². The number of nitrogens with one attached hydrogen (secondary N) is 1. The predicted octanol–water partition coefficient (Wildman–Crippen LogP) is 2.30. The molecule has 0 atom stereocenters. The SMILES string of the molecule is CCCS(=O)(=O)Nc1ccc(Br)c(C(=O)O)c1. The van der Waals surface area contributed by atoms with E-state index in [1.807, 2.05) is 0 Å². The maximum atomic E-state index is 11.5. The normalized spacial score (nSPS) is 11.2. The average molecular weight is 322 g/mol. The number of aromatic carboxylic acids is 1. The van der Waals surface area contributed by atoms with Crippen LogP contribution < -0.4 is 4.72 Å². The van der Waals surface area contributed by atoms with Gasteiger partial charge < -0.3 is 5.11 Å². The van der Waals surface area contributed by atoms with Gasteiger partial charge in [0.15, 0.2) is 0 Å². The fourth-order valence-corrected chi connectivity index (χ4v) is 2.79. The van der Waals surface area contributed by atoms with E-state index in [1.165, 1.54) is 18.2 Å². The topological polar surface area (TPSA) is 83.5 Å². The zero-order valence-electron chi connectivity index (χ0n) is 9.10. The third-order valence-corrected chi connectivity index (χ3v) is 4.13. The summed E-state index contributed by atoms with van der Waals surface area (Å²) in [5.74, 6) is -1.11. The third kappa shape index (κ3) is 4.01. The van der Waals surface area contributed by atoms with Crippen molar-refractivity contribution < 1.29 is 18.3 Å². The summed E-state index contributed by atoms with van der Waals surface area (Å²) in [4.78, 5) is 10.9. The molecule has 0 fully saturated rings. The monoisotopic (exact) mass is 321 g/mol. The molecule has 0 aliphatic rings. The molecule has 7 heteroatoms. The van der Waals surface area contributed by atoms with Crippen molar-refractivity contribution in [3.8, 4) is 0 Å². The van der Waals surface area contributed by atoms with Crippen molar-refractivity contribution in [2.45, 2.75) is 13.3 Å². The predicted molar refractivity (Wildman–Crippen MR) is 68.8 cm³/mol. The summed E-state index contributed by atoms with van der Waals surface area (Å²) < 4.78 is 25.7. The molecule has 0 aliphatic carbocycles. The Balaban J connectivity index is 3.02. The highest BCUT2D eigenvalue weighted by Gasteiger charge is 2.13. The number of hydrogen-bond acceptors (Lipinski definition) is 3. The molecule has 0 aliphatic heterocycles. The molecule has 0 bridgehead atoms. The van der Waals surface area contributed by atoms with Crippen LogP contribution in [0.3, 0.4) is 0 Å². The van der Waals surface area contributed by atoms with Gasteiger partial charge in [-0.2, -0.15) is 0 Å². The van der Waals surface area contributed by atoms with Crippen LogP contribution >= 0.6 is 15.9 Å². The smallest absolute Gasteiger partial charge is 0.336 e. The summed E-state index contributed by atoms with van der Waals surface area (Å²) >= 11 is 3.08. The highest BCUT2D eigenvalue weighted by molar-refractivity contribution is 9.10. The van der Waals surface area contributed by atoms with Crippen LogP contribution in [0.25, 0.3) is 0 Å². The van der Waals surface area contributed by atoms with Gasteiger partial charge in [-0.3, -0.25) is 4.72 Å². The van der Waals surface area contributed by atoms with Crippen molar-refractivity contribution in [3.05, 3.63) is 28.2 Å². The molecule has 1 rings (SSSR count). The molecule has 2 N–H and O–H groups in total. The van der Waals surface area contributed by atoms with E-state index in [9.17, 15) is 13.2 Å². The molecule has 0 amide bonds. The molecule has 0 radical (unpaired) electrons. The molecule has 0 saturated heterocycles. The van der Waals surface area contributed by atoms with E-state index < -0.39 is 16.0 Å². The van der Waals surface area contributed by atoms with Crippen molar-refractivity contribution in [2.75, 3.05) is 10.5 Å². The Morgan fingerprint density at radius 2 is 2.12 bits per heavy atom. The van der Waals surface area contributed by atoms with Gasteiger partial charge >= 0.3 is 5.97 Å². The van der Waals surface area contributed by atoms with E-state index in [0.717, 1.165) is 0 Å². The molecule has 0 unspecified atom stereocenters. The van der Waals surface area contributed by atoms with Crippen LogP contribution in [0.5, 0.6) is 0 Å². The molecule has 0 spiro atoms. The third-order valence-electron chi connectivity index (χ3n) is 1.94. The molecule has 0 heterocycles. The lowest BCUT2D eigenvalue weighted by atomic mass is 10.2. The minimum atomic E-state index is -3.40. The van der Waals surface area contributed by atoms with Gasteiger partial charge in [-0.15, -0.1) is 0 Å². The second kappa shape index (κ2) is 5.50. The summed E-state index contributed by atoms with van der Waals surface area (Å²) in [5, 5.41) is 8.88.